The van der Waals surface area contributed by atoms with E-state index >= 15 is 0 Å². The Hall–Kier alpha value is -4.31. The number of hydrogen-bond acceptors (Lipinski definition) is 6. The number of fused-ring (bicyclic) bond motifs is 6. The normalized spacial score (nSPS) is 14.9. The number of nitrogens with one attached hydrogen (secondary N) is 2. The maximum Gasteiger partial charge on any atom is 0.228 e. The van der Waals surface area contributed by atoms with Crippen molar-refractivity contribution in [1.29, 1.82) is 0 Å². The van der Waals surface area contributed by atoms with Crippen LogP contribution >= 0.6 is 0 Å². The van der Waals surface area contributed by atoms with Crippen LogP contribution in [0, 0.1) is 11.6 Å². The molecule has 8 nitrogen and oxygen atoms in total. The van der Waals surface area contributed by atoms with Crippen molar-refractivity contribution in [3.63, 3.8) is 0 Å². The summed E-state index contributed by atoms with van der Waals surface area (Å²) in [5, 5.41) is 3.21. The zero-order chi connectivity index (χ0) is 24.9. The Morgan fingerprint density at radius 3 is 1.95 bits per heavy atom. The molecule has 7 rings (SSSR count). The first-order valence-electron chi connectivity index (χ1n) is 12.2. The molecule has 4 heterocycles. The van der Waals surface area contributed by atoms with Crippen molar-refractivity contribution in [1.82, 2.24) is 29.8 Å². The van der Waals surface area contributed by atoms with Crippen LogP contribution < -0.4 is 9.64 Å². The van der Waals surface area contributed by atoms with Crippen LogP contribution in [0.5, 0.6) is 5.75 Å². The molecular weight excluding hydrogens is 476 g/mol. The Labute approximate surface area is 209 Å². The average Bonchev–Trinajstić information content (AvgIpc) is 3.47. The van der Waals surface area contributed by atoms with Gasteiger partial charge in [0.2, 0.25) is 5.95 Å². The third-order valence-electron chi connectivity index (χ3n) is 7.13. The number of piperazine rings is 1. The first kappa shape index (κ1) is 21.9. The quantitative estimate of drug-likeness (QED) is 0.360. The highest BCUT2D eigenvalue weighted by Gasteiger charge is 2.21. The summed E-state index contributed by atoms with van der Waals surface area (Å²) in [5.41, 5.74) is 3.22. The van der Waals surface area contributed by atoms with Gasteiger partial charge in [-0.3, -0.25) is 4.90 Å². The Kier molecular flexibility index (Phi) is 5.14. The molecule has 0 radical (unpaired) electrons. The first-order chi connectivity index (χ1) is 18.1. The van der Waals surface area contributed by atoms with Gasteiger partial charge in [-0.25, -0.2) is 23.7 Å². The number of aromatic amines is 2. The number of benzene rings is 3. The van der Waals surface area contributed by atoms with E-state index < -0.39 is 0 Å². The molecule has 1 saturated heterocycles. The summed E-state index contributed by atoms with van der Waals surface area (Å²) in [6.07, 6.45) is 3.03. The van der Waals surface area contributed by atoms with Crippen LogP contribution in [-0.2, 0) is 0 Å². The van der Waals surface area contributed by atoms with E-state index in [-0.39, 0.29) is 11.6 Å². The van der Waals surface area contributed by atoms with Crippen LogP contribution in [0.15, 0.2) is 55.1 Å². The molecule has 0 unspecified atom stereocenters. The molecule has 0 aliphatic carbocycles. The Bertz CT molecular complexity index is 1660. The molecule has 1 aliphatic heterocycles. The third kappa shape index (κ3) is 3.80. The minimum absolute atomic E-state index is 0.308. The summed E-state index contributed by atoms with van der Waals surface area (Å²) >= 11 is 0. The van der Waals surface area contributed by atoms with E-state index in [1.54, 1.807) is 12.1 Å². The fourth-order valence-corrected chi connectivity index (χ4v) is 5.29. The van der Waals surface area contributed by atoms with Crippen LogP contribution in [0.25, 0.3) is 43.6 Å². The number of aromatic nitrogens is 5. The van der Waals surface area contributed by atoms with E-state index in [1.807, 2.05) is 6.07 Å². The van der Waals surface area contributed by atoms with Gasteiger partial charge in [0.05, 0.1) is 11.0 Å². The van der Waals surface area contributed by atoms with E-state index in [4.69, 9.17) is 4.74 Å². The largest absolute Gasteiger partial charge is 0.488 e. The standard InChI is InChI=1S/C27H23F2N7O/c28-16-1-3-22-18(11-16)20-13-21-19-12-17(29)2-4-23(19)34-25(21)26(24(20)33-22)37-10-9-35-5-7-36(8-6-35)27-31-14-30-15-32-27/h1-4,11-15,33-34H,5-10H2. The highest BCUT2D eigenvalue weighted by molar-refractivity contribution is 6.20. The van der Waals surface area contributed by atoms with Crippen molar-refractivity contribution >= 4 is 49.6 Å². The van der Waals surface area contributed by atoms with Crippen LogP contribution in [0.4, 0.5) is 14.7 Å². The number of ether oxygens (including phenoxy) is 1. The van der Waals surface area contributed by atoms with Gasteiger partial charge in [-0.05, 0) is 42.5 Å². The lowest BCUT2D eigenvalue weighted by Gasteiger charge is -2.34. The highest BCUT2D eigenvalue weighted by Crippen LogP contribution is 2.41. The molecule has 0 spiro atoms. The fraction of sp³-hybridized carbons (Fsp3) is 0.222. The van der Waals surface area contributed by atoms with Gasteiger partial charge in [-0.2, -0.15) is 0 Å². The number of nitrogens with zero attached hydrogens (tertiary/aromatic N) is 5. The summed E-state index contributed by atoms with van der Waals surface area (Å²) in [7, 11) is 0. The van der Waals surface area contributed by atoms with Gasteiger partial charge in [-0.15, -0.1) is 0 Å². The molecule has 3 aromatic heterocycles. The monoisotopic (exact) mass is 499 g/mol. The van der Waals surface area contributed by atoms with E-state index in [2.05, 4.69) is 34.7 Å². The topological polar surface area (TPSA) is 86.0 Å². The van der Waals surface area contributed by atoms with Crippen molar-refractivity contribution < 1.29 is 13.5 Å². The highest BCUT2D eigenvalue weighted by atomic mass is 19.1. The van der Waals surface area contributed by atoms with Gasteiger partial charge in [-0.1, -0.05) is 0 Å². The molecule has 186 valence electrons. The van der Waals surface area contributed by atoms with Crippen molar-refractivity contribution in [2.45, 2.75) is 0 Å². The molecule has 0 amide bonds. The Balaban J connectivity index is 1.20. The molecule has 0 saturated carbocycles. The zero-order valence-electron chi connectivity index (χ0n) is 19.8. The van der Waals surface area contributed by atoms with E-state index in [0.29, 0.717) is 18.3 Å². The summed E-state index contributed by atoms with van der Waals surface area (Å²) in [6.45, 7) is 4.59. The maximum absolute atomic E-state index is 14.1. The van der Waals surface area contributed by atoms with Gasteiger partial charge in [0, 0.05) is 65.3 Å². The van der Waals surface area contributed by atoms with Crippen molar-refractivity contribution in [3.05, 3.63) is 66.8 Å². The average molecular weight is 500 g/mol. The van der Waals surface area contributed by atoms with Gasteiger partial charge in [0.25, 0.3) is 0 Å². The SMILES string of the molecule is Fc1ccc2[nH]c3c(OCCN4CCN(c5ncncn5)CC4)c4[nH]c5ccc(F)cc5c4cc3c2c1. The summed E-state index contributed by atoms with van der Waals surface area (Å²) in [6, 6.07) is 11.3. The number of hydrogen-bond donors (Lipinski definition) is 2. The molecule has 6 aromatic rings. The van der Waals surface area contributed by atoms with Crippen molar-refractivity contribution in [2.24, 2.45) is 0 Å². The minimum atomic E-state index is -0.308. The molecule has 1 fully saturated rings. The lowest BCUT2D eigenvalue weighted by molar-refractivity contribution is 0.202. The number of H-pyrrole nitrogens is 2. The maximum atomic E-state index is 14.1. The van der Waals surface area contributed by atoms with E-state index in [9.17, 15) is 8.78 Å². The summed E-state index contributed by atoms with van der Waals surface area (Å²) < 4.78 is 34.7. The van der Waals surface area contributed by atoms with Gasteiger partial charge < -0.3 is 19.6 Å². The van der Waals surface area contributed by atoms with Crippen LogP contribution in [0.3, 0.4) is 0 Å². The van der Waals surface area contributed by atoms with Gasteiger partial charge in [0.15, 0.2) is 5.75 Å². The molecule has 1 aliphatic rings. The Morgan fingerprint density at radius 1 is 0.757 bits per heavy atom. The first-order valence-corrected chi connectivity index (χ1v) is 12.2. The second-order valence-corrected chi connectivity index (χ2v) is 9.30. The number of anilines is 1. The molecule has 0 atom stereocenters. The van der Waals surface area contributed by atoms with Crippen molar-refractivity contribution in [3.8, 4) is 5.75 Å². The third-order valence-corrected chi connectivity index (χ3v) is 7.13. The predicted molar refractivity (Wildman–Crippen MR) is 139 cm³/mol. The van der Waals surface area contributed by atoms with Gasteiger partial charge in [0.1, 0.15) is 30.9 Å². The molecule has 37 heavy (non-hydrogen) atoms. The van der Waals surface area contributed by atoms with E-state index in [0.717, 1.165) is 76.3 Å². The smallest absolute Gasteiger partial charge is 0.228 e. The zero-order valence-corrected chi connectivity index (χ0v) is 19.8. The van der Waals surface area contributed by atoms with Gasteiger partial charge >= 0.3 is 0 Å². The lowest BCUT2D eigenvalue weighted by Crippen LogP contribution is -2.48. The van der Waals surface area contributed by atoms with Crippen LogP contribution in [0.2, 0.25) is 0 Å². The molecule has 10 heteroatoms. The molecular formula is C27H23F2N7O. The fourth-order valence-electron chi connectivity index (χ4n) is 5.29. The Morgan fingerprint density at radius 2 is 1.35 bits per heavy atom. The number of rotatable bonds is 5. The second kappa shape index (κ2) is 8.67. The number of halogens is 2. The molecule has 0 bridgehead atoms. The second-order valence-electron chi connectivity index (χ2n) is 9.30. The summed E-state index contributed by atoms with van der Waals surface area (Å²) in [4.78, 5) is 23.7. The van der Waals surface area contributed by atoms with Crippen LogP contribution in [-0.4, -0.2) is 69.2 Å². The van der Waals surface area contributed by atoms with Crippen molar-refractivity contribution in [2.75, 3.05) is 44.2 Å². The predicted octanol–water partition coefficient (Wildman–Crippen LogP) is 4.62. The van der Waals surface area contributed by atoms with Crippen LogP contribution in [0.1, 0.15) is 0 Å². The lowest BCUT2D eigenvalue weighted by atomic mass is 10.1. The summed E-state index contributed by atoms with van der Waals surface area (Å²) in [5.74, 6) is 0.740. The van der Waals surface area contributed by atoms with E-state index in [1.165, 1.54) is 36.9 Å². The molecule has 3 aromatic carbocycles. The minimum Gasteiger partial charge on any atom is -0.488 e. The molecule has 2 N–H and O–H groups in total.